The molecule has 3 rings (SSSR count). The van der Waals surface area contributed by atoms with E-state index in [4.69, 9.17) is 0 Å². The highest BCUT2D eigenvalue weighted by Gasteiger charge is 2.28. The summed E-state index contributed by atoms with van der Waals surface area (Å²) < 4.78 is 26.9. The van der Waals surface area contributed by atoms with Crippen LogP contribution in [0.3, 0.4) is 0 Å². The fraction of sp³-hybridized carbons (Fsp3) is 0.200. The highest BCUT2D eigenvalue weighted by atomic mass is 32.2. The Bertz CT molecular complexity index is 787. The molecule has 0 atom stereocenters. The number of benzene rings is 1. The van der Waals surface area contributed by atoms with Crippen LogP contribution in [-0.4, -0.2) is 25.4 Å². The number of sulfonamides is 1. The zero-order chi connectivity index (χ0) is 15.6. The summed E-state index contributed by atoms with van der Waals surface area (Å²) in [6.45, 7) is 0. The summed E-state index contributed by atoms with van der Waals surface area (Å²) in [6, 6.07) is 11.1. The maximum Gasteiger partial charge on any atom is 0.256 e. The van der Waals surface area contributed by atoms with Gasteiger partial charge in [-0.25, -0.2) is 18.1 Å². The van der Waals surface area contributed by atoms with Crippen LogP contribution >= 0.6 is 0 Å². The van der Waals surface area contributed by atoms with Gasteiger partial charge in [0, 0.05) is 17.8 Å². The second kappa shape index (κ2) is 5.86. The number of amides is 1. The summed E-state index contributed by atoms with van der Waals surface area (Å²) in [5.41, 5.74) is 0.268. The van der Waals surface area contributed by atoms with Crippen molar-refractivity contribution in [3.05, 3.63) is 54.2 Å². The largest absolute Gasteiger partial charge is 0.307 e. The number of hydrogen-bond donors (Lipinski definition) is 2. The molecule has 0 unspecified atom stereocenters. The van der Waals surface area contributed by atoms with Crippen molar-refractivity contribution >= 4 is 21.7 Å². The fourth-order valence-electron chi connectivity index (χ4n) is 1.92. The molecule has 1 amide bonds. The highest BCUT2D eigenvalue weighted by molar-refractivity contribution is 7.89. The summed E-state index contributed by atoms with van der Waals surface area (Å²) in [7, 11) is -3.57. The molecule has 0 saturated heterocycles. The van der Waals surface area contributed by atoms with Crippen LogP contribution in [0.2, 0.25) is 0 Å². The lowest BCUT2D eigenvalue weighted by Gasteiger charge is -2.08. The van der Waals surface area contributed by atoms with Crippen LogP contribution in [0.25, 0.3) is 0 Å². The van der Waals surface area contributed by atoms with Gasteiger partial charge in [0.1, 0.15) is 5.82 Å². The Morgan fingerprint density at radius 1 is 1.14 bits per heavy atom. The molecule has 7 heteroatoms. The number of aromatic nitrogens is 1. The Hall–Kier alpha value is -2.25. The smallest absolute Gasteiger partial charge is 0.256 e. The van der Waals surface area contributed by atoms with E-state index in [2.05, 4.69) is 15.0 Å². The van der Waals surface area contributed by atoms with Crippen LogP contribution in [0.15, 0.2) is 53.6 Å². The molecule has 2 N–H and O–H groups in total. The van der Waals surface area contributed by atoms with Crippen LogP contribution in [-0.2, 0) is 10.0 Å². The molecule has 1 aliphatic carbocycles. The van der Waals surface area contributed by atoms with E-state index < -0.39 is 15.9 Å². The number of nitrogens with one attached hydrogen (secondary N) is 2. The molecule has 1 heterocycles. The van der Waals surface area contributed by atoms with Gasteiger partial charge in [-0.15, -0.1) is 0 Å². The van der Waals surface area contributed by atoms with Gasteiger partial charge >= 0.3 is 0 Å². The monoisotopic (exact) mass is 317 g/mol. The lowest BCUT2D eigenvalue weighted by molar-refractivity contribution is 0.102. The van der Waals surface area contributed by atoms with Crippen molar-refractivity contribution in [2.75, 3.05) is 5.32 Å². The second-order valence-corrected chi connectivity index (χ2v) is 6.81. The second-order valence-electron chi connectivity index (χ2n) is 5.09. The predicted octanol–water partition coefficient (Wildman–Crippen LogP) is 1.77. The summed E-state index contributed by atoms with van der Waals surface area (Å²) in [4.78, 5) is 16.3. The number of carbonyl (C=O) groups excluding carboxylic acids is 1. The van der Waals surface area contributed by atoms with Gasteiger partial charge in [0.25, 0.3) is 5.91 Å². The minimum Gasteiger partial charge on any atom is -0.307 e. The van der Waals surface area contributed by atoms with Crippen LogP contribution in [0, 0.1) is 0 Å². The SMILES string of the molecule is O=C(Nc1ccccn1)c1cccc(S(=O)(=O)NC2CC2)c1. The Morgan fingerprint density at radius 2 is 1.95 bits per heavy atom. The molecule has 0 spiro atoms. The average molecular weight is 317 g/mol. The molecule has 2 aromatic rings. The van der Waals surface area contributed by atoms with Gasteiger partial charge in [-0.2, -0.15) is 0 Å². The molecule has 1 fully saturated rings. The highest BCUT2D eigenvalue weighted by Crippen LogP contribution is 2.22. The zero-order valence-electron chi connectivity index (χ0n) is 11.7. The molecule has 6 nitrogen and oxygen atoms in total. The molecule has 1 aromatic heterocycles. The first-order chi connectivity index (χ1) is 10.5. The molecule has 0 bridgehead atoms. The third kappa shape index (κ3) is 3.49. The third-order valence-corrected chi connectivity index (χ3v) is 4.73. The molecule has 114 valence electrons. The van der Waals surface area contributed by atoms with Crippen molar-refractivity contribution in [2.24, 2.45) is 0 Å². The standard InChI is InChI=1S/C15H15N3O3S/c19-15(17-14-6-1-2-9-16-14)11-4-3-5-13(10-11)22(20,21)18-12-7-8-12/h1-6,9-10,12,18H,7-8H2,(H,16,17,19). The zero-order valence-corrected chi connectivity index (χ0v) is 12.5. The number of nitrogens with zero attached hydrogens (tertiary/aromatic N) is 1. The van der Waals surface area contributed by atoms with Crippen LogP contribution in [0.5, 0.6) is 0 Å². The minimum absolute atomic E-state index is 0.0241. The van der Waals surface area contributed by atoms with E-state index in [9.17, 15) is 13.2 Å². The van der Waals surface area contributed by atoms with Gasteiger partial charge in [0.15, 0.2) is 0 Å². The van der Waals surface area contributed by atoms with Crippen molar-refractivity contribution in [3.63, 3.8) is 0 Å². The van der Waals surface area contributed by atoms with E-state index in [0.717, 1.165) is 12.8 Å². The molecular weight excluding hydrogens is 302 g/mol. The molecule has 1 aromatic carbocycles. The minimum atomic E-state index is -3.57. The first kappa shape index (κ1) is 14.7. The van der Waals surface area contributed by atoms with Crippen LogP contribution in [0.1, 0.15) is 23.2 Å². The van der Waals surface area contributed by atoms with Crippen molar-refractivity contribution in [2.45, 2.75) is 23.8 Å². The van der Waals surface area contributed by atoms with E-state index in [0.29, 0.717) is 5.82 Å². The van der Waals surface area contributed by atoms with Crippen molar-refractivity contribution in [1.29, 1.82) is 0 Å². The van der Waals surface area contributed by atoms with Crippen molar-refractivity contribution < 1.29 is 13.2 Å². The van der Waals surface area contributed by atoms with Gasteiger partial charge in [0.2, 0.25) is 10.0 Å². The van der Waals surface area contributed by atoms with Gasteiger partial charge in [-0.3, -0.25) is 4.79 Å². The van der Waals surface area contributed by atoms with Gasteiger partial charge in [-0.1, -0.05) is 12.1 Å². The van der Waals surface area contributed by atoms with Crippen molar-refractivity contribution in [1.82, 2.24) is 9.71 Å². The Labute approximate surface area is 128 Å². The molecule has 1 aliphatic rings. The maximum atomic E-state index is 12.2. The first-order valence-electron chi connectivity index (χ1n) is 6.89. The summed E-state index contributed by atoms with van der Waals surface area (Å²) in [5.74, 6) is 0.0130. The van der Waals surface area contributed by atoms with Gasteiger partial charge in [0.05, 0.1) is 4.90 Å². The Balaban J connectivity index is 1.80. The van der Waals surface area contributed by atoms with E-state index in [1.54, 1.807) is 36.5 Å². The third-order valence-electron chi connectivity index (χ3n) is 3.21. The molecule has 0 aliphatic heterocycles. The summed E-state index contributed by atoms with van der Waals surface area (Å²) in [5, 5.41) is 2.62. The quantitative estimate of drug-likeness (QED) is 0.880. The fourth-order valence-corrected chi connectivity index (χ4v) is 3.27. The van der Waals surface area contributed by atoms with Crippen molar-refractivity contribution in [3.8, 4) is 0 Å². The van der Waals surface area contributed by atoms with E-state index in [1.807, 2.05) is 0 Å². The van der Waals surface area contributed by atoms with E-state index >= 15 is 0 Å². The maximum absolute atomic E-state index is 12.2. The number of anilines is 1. The Morgan fingerprint density at radius 3 is 2.64 bits per heavy atom. The predicted molar refractivity (Wildman–Crippen MR) is 82.0 cm³/mol. The number of carbonyl (C=O) groups is 1. The topological polar surface area (TPSA) is 88.2 Å². The first-order valence-corrected chi connectivity index (χ1v) is 8.38. The lowest BCUT2D eigenvalue weighted by Crippen LogP contribution is -2.26. The molecule has 0 radical (unpaired) electrons. The van der Waals surface area contributed by atoms with E-state index in [1.165, 1.54) is 12.1 Å². The summed E-state index contributed by atoms with van der Waals surface area (Å²) in [6.07, 6.45) is 3.29. The number of hydrogen-bond acceptors (Lipinski definition) is 4. The normalized spacial score (nSPS) is 14.5. The average Bonchev–Trinajstić information content (AvgIpc) is 3.32. The van der Waals surface area contributed by atoms with Gasteiger partial charge < -0.3 is 5.32 Å². The van der Waals surface area contributed by atoms with Crippen LogP contribution < -0.4 is 10.0 Å². The van der Waals surface area contributed by atoms with Gasteiger partial charge in [-0.05, 0) is 43.2 Å². The summed E-state index contributed by atoms with van der Waals surface area (Å²) >= 11 is 0. The molecular formula is C15H15N3O3S. The molecule has 1 saturated carbocycles. The lowest BCUT2D eigenvalue weighted by atomic mass is 10.2. The Kier molecular flexibility index (Phi) is 3.91. The van der Waals surface area contributed by atoms with E-state index in [-0.39, 0.29) is 16.5 Å². The molecule has 22 heavy (non-hydrogen) atoms. The number of rotatable bonds is 5. The number of pyridine rings is 1. The van der Waals surface area contributed by atoms with Crippen LogP contribution in [0.4, 0.5) is 5.82 Å².